The molecule has 1 aromatic carbocycles. The predicted molar refractivity (Wildman–Crippen MR) is 84.4 cm³/mol. The van der Waals surface area contributed by atoms with Crippen LogP contribution in [-0.2, 0) is 11.2 Å². The molecule has 3 N–H and O–H groups in total. The molecule has 0 heterocycles. The molecule has 0 saturated carbocycles. The average Bonchev–Trinajstić information content (AvgIpc) is 2.43. The minimum atomic E-state index is 0.133. The van der Waals surface area contributed by atoms with Crippen molar-refractivity contribution >= 4 is 5.91 Å². The van der Waals surface area contributed by atoms with Crippen molar-refractivity contribution in [1.82, 2.24) is 5.32 Å². The van der Waals surface area contributed by atoms with E-state index in [0.717, 1.165) is 25.8 Å². The van der Waals surface area contributed by atoms with Gasteiger partial charge in [0, 0.05) is 13.0 Å². The number of hydrogen-bond acceptors (Lipinski definition) is 2. The molecule has 1 unspecified atom stereocenters. The molecule has 3 heteroatoms. The Morgan fingerprint density at radius 1 is 1.25 bits per heavy atom. The first kappa shape index (κ1) is 16.7. The maximum absolute atomic E-state index is 11.8. The molecule has 0 bridgehead atoms. The topological polar surface area (TPSA) is 55.1 Å². The summed E-state index contributed by atoms with van der Waals surface area (Å²) >= 11 is 0. The Labute approximate surface area is 122 Å². The van der Waals surface area contributed by atoms with Crippen molar-refractivity contribution in [3.05, 3.63) is 35.9 Å². The lowest BCUT2D eigenvalue weighted by Gasteiger charge is -2.16. The Morgan fingerprint density at radius 2 is 1.95 bits per heavy atom. The maximum Gasteiger partial charge on any atom is 0.220 e. The number of amides is 1. The van der Waals surface area contributed by atoms with Gasteiger partial charge in [-0.25, -0.2) is 0 Å². The first-order chi connectivity index (χ1) is 9.61. The number of carbonyl (C=O) groups excluding carboxylic acids is 1. The number of carbonyl (C=O) groups is 1. The van der Waals surface area contributed by atoms with E-state index in [1.54, 1.807) is 0 Å². The second-order valence-electron chi connectivity index (χ2n) is 5.87. The zero-order chi connectivity index (χ0) is 14.8. The number of nitrogens with two attached hydrogens (primary N) is 1. The average molecular weight is 276 g/mol. The molecule has 1 amide bonds. The van der Waals surface area contributed by atoms with Gasteiger partial charge >= 0.3 is 0 Å². The molecule has 0 spiro atoms. The summed E-state index contributed by atoms with van der Waals surface area (Å²) in [5, 5.41) is 3.00. The maximum atomic E-state index is 11.8. The third-order valence-electron chi connectivity index (χ3n) is 3.42. The molecule has 112 valence electrons. The third-order valence-corrected chi connectivity index (χ3v) is 3.42. The predicted octanol–water partition coefficient (Wildman–Crippen LogP) is 2.75. The number of aryl methyl sites for hydroxylation is 1. The van der Waals surface area contributed by atoms with Gasteiger partial charge in [0.2, 0.25) is 5.91 Å². The molecule has 0 fully saturated rings. The van der Waals surface area contributed by atoms with Gasteiger partial charge in [-0.1, -0.05) is 44.2 Å². The first-order valence-electron chi connectivity index (χ1n) is 7.62. The molecule has 0 radical (unpaired) electrons. The Morgan fingerprint density at radius 3 is 2.55 bits per heavy atom. The summed E-state index contributed by atoms with van der Waals surface area (Å²) in [7, 11) is 0. The van der Waals surface area contributed by atoms with E-state index in [2.05, 4.69) is 31.3 Å². The van der Waals surface area contributed by atoms with Crippen LogP contribution in [0.1, 0.15) is 38.7 Å². The van der Waals surface area contributed by atoms with Crippen LogP contribution in [0, 0.1) is 11.8 Å². The summed E-state index contributed by atoms with van der Waals surface area (Å²) < 4.78 is 0. The molecule has 3 nitrogen and oxygen atoms in total. The van der Waals surface area contributed by atoms with Gasteiger partial charge in [-0.2, -0.15) is 0 Å². The largest absolute Gasteiger partial charge is 0.356 e. The van der Waals surface area contributed by atoms with Crippen molar-refractivity contribution in [2.75, 3.05) is 13.1 Å². The second-order valence-corrected chi connectivity index (χ2v) is 5.87. The summed E-state index contributed by atoms with van der Waals surface area (Å²) in [6.07, 6.45) is 3.56. The van der Waals surface area contributed by atoms with Crippen molar-refractivity contribution < 1.29 is 4.79 Å². The molecule has 0 aromatic heterocycles. The van der Waals surface area contributed by atoms with E-state index < -0.39 is 0 Å². The number of nitrogens with one attached hydrogen (secondary N) is 1. The fourth-order valence-electron chi connectivity index (χ4n) is 2.43. The van der Waals surface area contributed by atoms with E-state index in [4.69, 9.17) is 5.73 Å². The van der Waals surface area contributed by atoms with Gasteiger partial charge in [-0.05, 0) is 43.2 Å². The standard InChI is InChI=1S/C17H28N2O/c1-14(2)11-16(13-18)12-17(20)19-10-6-9-15-7-4-3-5-8-15/h3-5,7-8,14,16H,6,9-13,18H2,1-2H3,(H,19,20). The molecule has 1 rings (SSSR count). The normalized spacial score (nSPS) is 12.4. The van der Waals surface area contributed by atoms with E-state index in [0.29, 0.717) is 24.8 Å². The molecular formula is C17H28N2O. The van der Waals surface area contributed by atoms with Crippen LogP contribution in [0.4, 0.5) is 0 Å². The van der Waals surface area contributed by atoms with Crippen molar-refractivity contribution in [2.24, 2.45) is 17.6 Å². The highest BCUT2D eigenvalue weighted by Crippen LogP contribution is 2.13. The van der Waals surface area contributed by atoms with Crippen LogP contribution in [0.5, 0.6) is 0 Å². The molecule has 0 aliphatic heterocycles. The number of rotatable bonds is 9. The molecule has 20 heavy (non-hydrogen) atoms. The summed E-state index contributed by atoms with van der Waals surface area (Å²) in [5.41, 5.74) is 7.04. The van der Waals surface area contributed by atoms with Crippen molar-refractivity contribution in [3.8, 4) is 0 Å². The highest BCUT2D eigenvalue weighted by molar-refractivity contribution is 5.76. The smallest absolute Gasteiger partial charge is 0.220 e. The molecule has 0 aliphatic rings. The summed E-state index contributed by atoms with van der Waals surface area (Å²) in [6.45, 7) is 5.67. The number of hydrogen-bond donors (Lipinski definition) is 2. The fraction of sp³-hybridized carbons (Fsp3) is 0.588. The van der Waals surface area contributed by atoms with Crippen LogP contribution in [0.15, 0.2) is 30.3 Å². The fourth-order valence-corrected chi connectivity index (χ4v) is 2.43. The molecule has 0 aliphatic carbocycles. The van der Waals surface area contributed by atoms with Crippen LogP contribution in [0.25, 0.3) is 0 Å². The molecular weight excluding hydrogens is 248 g/mol. The Kier molecular flexibility index (Phi) is 7.97. The van der Waals surface area contributed by atoms with Crippen LogP contribution in [0.2, 0.25) is 0 Å². The first-order valence-corrected chi connectivity index (χ1v) is 7.62. The van der Waals surface area contributed by atoms with Gasteiger partial charge in [0.1, 0.15) is 0 Å². The third kappa shape index (κ3) is 7.29. The van der Waals surface area contributed by atoms with Crippen molar-refractivity contribution in [3.63, 3.8) is 0 Å². The zero-order valence-electron chi connectivity index (χ0n) is 12.8. The van der Waals surface area contributed by atoms with Gasteiger partial charge < -0.3 is 11.1 Å². The summed E-state index contributed by atoms with van der Waals surface area (Å²) in [5.74, 6) is 1.03. The minimum absolute atomic E-state index is 0.133. The number of benzene rings is 1. The van der Waals surface area contributed by atoms with Crippen molar-refractivity contribution in [2.45, 2.75) is 39.5 Å². The lowest BCUT2D eigenvalue weighted by atomic mass is 9.94. The molecule has 0 saturated heterocycles. The van der Waals surface area contributed by atoms with Gasteiger partial charge in [0.05, 0.1) is 0 Å². The minimum Gasteiger partial charge on any atom is -0.356 e. The van der Waals surface area contributed by atoms with E-state index >= 15 is 0 Å². The van der Waals surface area contributed by atoms with E-state index in [1.807, 2.05) is 18.2 Å². The van der Waals surface area contributed by atoms with Crippen molar-refractivity contribution in [1.29, 1.82) is 0 Å². The monoisotopic (exact) mass is 276 g/mol. The van der Waals surface area contributed by atoms with Crippen LogP contribution in [0.3, 0.4) is 0 Å². The SMILES string of the molecule is CC(C)CC(CN)CC(=O)NCCCc1ccccc1. The zero-order valence-corrected chi connectivity index (χ0v) is 12.8. The Balaban J connectivity index is 2.16. The highest BCUT2D eigenvalue weighted by Gasteiger charge is 2.13. The van der Waals surface area contributed by atoms with Gasteiger partial charge in [0.15, 0.2) is 0 Å². The lowest BCUT2D eigenvalue weighted by Crippen LogP contribution is -2.29. The molecule has 1 atom stereocenters. The highest BCUT2D eigenvalue weighted by atomic mass is 16.1. The summed E-state index contributed by atoms with van der Waals surface area (Å²) in [6, 6.07) is 10.4. The quantitative estimate of drug-likeness (QED) is 0.681. The lowest BCUT2D eigenvalue weighted by molar-refractivity contribution is -0.122. The van der Waals surface area contributed by atoms with Gasteiger partial charge in [0.25, 0.3) is 0 Å². The van der Waals surface area contributed by atoms with Gasteiger partial charge in [-0.15, -0.1) is 0 Å². The van der Waals surface area contributed by atoms with Crippen LogP contribution < -0.4 is 11.1 Å². The van der Waals surface area contributed by atoms with Crippen LogP contribution in [-0.4, -0.2) is 19.0 Å². The van der Waals surface area contributed by atoms with E-state index in [-0.39, 0.29) is 5.91 Å². The summed E-state index contributed by atoms with van der Waals surface area (Å²) in [4.78, 5) is 11.8. The van der Waals surface area contributed by atoms with E-state index in [9.17, 15) is 4.79 Å². The Bertz CT molecular complexity index is 376. The second kappa shape index (κ2) is 9.54. The Hall–Kier alpha value is -1.35. The van der Waals surface area contributed by atoms with E-state index in [1.165, 1.54) is 5.56 Å². The molecule has 1 aromatic rings. The van der Waals surface area contributed by atoms with Crippen LogP contribution >= 0.6 is 0 Å². The van der Waals surface area contributed by atoms with Gasteiger partial charge in [-0.3, -0.25) is 4.79 Å².